The summed E-state index contributed by atoms with van der Waals surface area (Å²) in [6, 6.07) is 6.41. The summed E-state index contributed by atoms with van der Waals surface area (Å²) in [5, 5.41) is 5.65. The number of nitrogens with zero attached hydrogens (tertiary/aromatic N) is 2. The number of thiol groups is 1. The van der Waals surface area contributed by atoms with E-state index in [1.165, 1.54) is 22.3 Å². The van der Waals surface area contributed by atoms with Gasteiger partial charge < -0.3 is 15.0 Å². The summed E-state index contributed by atoms with van der Waals surface area (Å²) in [5.41, 5.74) is 2.34. The number of rotatable bonds is 5. The summed E-state index contributed by atoms with van der Waals surface area (Å²) in [6.45, 7) is 1.27. The van der Waals surface area contributed by atoms with Gasteiger partial charge in [0.15, 0.2) is 0 Å². The van der Waals surface area contributed by atoms with Crippen LogP contribution in [0.4, 0.5) is 19.7 Å². The maximum Gasteiger partial charge on any atom is 0.414 e. The zero-order chi connectivity index (χ0) is 22.0. The van der Waals surface area contributed by atoms with Gasteiger partial charge in [0.05, 0.1) is 24.3 Å². The van der Waals surface area contributed by atoms with Crippen molar-refractivity contribution in [2.45, 2.75) is 12.5 Å². The Morgan fingerprint density at radius 1 is 1.32 bits per heavy atom. The number of benzene rings is 1. The largest absolute Gasteiger partial charge is 0.442 e. The molecule has 162 valence electrons. The first kappa shape index (κ1) is 21.4. The van der Waals surface area contributed by atoms with E-state index in [1.807, 2.05) is 16.8 Å². The molecule has 0 spiro atoms. The van der Waals surface area contributed by atoms with Crippen LogP contribution in [0.15, 0.2) is 41.1 Å². The monoisotopic (exact) mass is 461 g/mol. The van der Waals surface area contributed by atoms with Crippen molar-refractivity contribution in [2.24, 2.45) is 0 Å². The van der Waals surface area contributed by atoms with Crippen molar-refractivity contribution in [1.29, 1.82) is 0 Å². The van der Waals surface area contributed by atoms with Crippen LogP contribution >= 0.6 is 24.0 Å². The Bertz CT molecular complexity index is 1040. The Labute approximate surface area is 187 Å². The van der Waals surface area contributed by atoms with Crippen LogP contribution in [-0.4, -0.2) is 54.4 Å². The molecule has 1 saturated heterocycles. The molecule has 2 aliphatic rings. The predicted molar refractivity (Wildman–Crippen MR) is 119 cm³/mol. The molecular weight excluding hydrogens is 441 g/mol. The summed E-state index contributed by atoms with van der Waals surface area (Å²) in [6.07, 6.45) is 1.29. The zero-order valence-electron chi connectivity index (χ0n) is 16.4. The third kappa shape index (κ3) is 4.75. The van der Waals surface area contributed by atoms with Gasteiger partial charge in [-0.1, -0.05) is 18.7 Å². The molecule has 1 aromatic carbocycles. The topological polar surface area (TPSA) is 79.0 Å². The van der Waals surface area contributed by atoms with Crippen LogP contribution in [0.1, 0.15) is 22.3 Å². The fourth-order valence-electron chi connectivity index (χ4n) is 3.64. The van der Waals surface area contributed by atoms with Gasteiger partial charge in [-0.25, -0.2) is 9.18 Å². The number of carbonyl (C=O) groups excluding carboxylic acids is 3. The average molecular weight is 462 g/mol. The van der Waals surface area contributed by atoms with Crippen molar-refractivity contribution in [3.8, 4) is 0 Å². The zero-order valence-corrected chi connectivity index (χ0v) is 18.1. The molecule has 1 N–H and O–H groups in total. The van der Waals surface area contributed by atoms with E-state index in [0.29, 0.717) is 36.3 Å². The number of amides is 3. The molecule has 1 fully saturated rings. The minimum atomic E-state index is -0.593. The number of ether oxygens (including phenoxy) is 1. The van der Waals surface area contributed by atoms with Crippen LogP contribution in [0.3, 0.4) is 0 Å². The molecule has 31 heavy (non-hydrogen) atoms. The lowest BCUT2D eigenvalue weighted by Crippen LogP contribution is -2.34. The Hall–Kier alpha value is -2.85. The summed E-state index contributed by atoms with van der Waals surface area (Å²) in [7, 11) is 0. The Morgan fingerprint density at radius 2 is 2.16 bits per heavy atom. The van der Waals surface area contributed by atoms with Crippen LogP contribution in [-0.2, 0) is 4.74 Å². The molecule has 7 nitrogen and oxygen atoms in total. The first-order valence-corrected chi connectivity index (χ1v) is 11.1. The maximum atomic E-state index is 14.9. The third-order valence-electron chi connectivity index (χ3n) is 5.23. The number of carbonyl (C=O) groups is 3. The number of thiophene rings is 1. The molecule has 2 aromatic rings. The van der Waals surface area contributed by atoms with Crippen LogP contribution in [0.5, 0.6) is 0 Å². The summed E-state index contributed by atoms with van der Waals surface area (Å²) in [4.78, 5) is 38.6. The van der Waals surface area contributed by atoms with E-state index < -0.39 is 23.3 Å². The Morgan fingerprint density at radius 3 is 2.81 bits per heavy atom. The molecule has 0 saturated carbocycles. The van der Waals surface area contributed by atoms with E-state index in [-0.39, 0.29) is 19.0 Å². The van der Waals surface area contributed by atoms with Gasteiger partial charge in [-0.05, 0) is 41.6 Å². The van der Waals surface area contributed by atoms with E-state index in [0.717, 1.165) is 5.57 Å². The molecule has 4 rings (SSSR count). The highest BCUT2D eigenvalue weighted by atomic mass is 32.1. The number of halogens is 1. The lowest BCUT2D eigenvalue weighted by molar-refractivity contribution is 0.0773. The normalized spacial score (nSPS) is 18.6. The van der Waals surface area contributed by atoms with Gasteiger partial charge in [0.25, 0.3) is 11.1 Å². The minimum Gasteiger partial charge on any atom is -0.442 e. The minimum absolute atomic E-state index is 0.0245. The van der Waals surface area contributed by atoms with Crippen LogP contribution in [0, 0.1) is 5.82 Å². The lowest BCUT2D eigenvalue weighted by Gasteiger charge is -2.26. The second kappa shape index (κ2) is 9.11. The highest BCUT2D eigenvalue weighted by Gasteiger charge is 2.33. The van der Waals surface area contributed by atoms with Crippen molar-refractivity contribution in [2.75, 3.05) is 31.1 Å². The highest BCUT2D eigenvalue weighted by Crippen LogP contribution is 2.30. The van der Waals surface area contributed by atoms with E-state index in [2.05, 4.69) is 17.9 Å². The van der Waals surface area contributed by atoms with Gasteiger partial charge in [-0.15, -0.1) is 0 Å². The van der Waals surface area contributed by atoms with Crippen molar-refractivity contribution >= 4 is 52.5 Å². The first-order valence-electron chi connectivity index (χ1n) is 9.67. The van der Waals surface area contributed by atoms with Crippen LogP contribution in [0.25, 0.3) is 5.57 Å². The van der Waals surface area contributed by atoms with Gasteiger partial charge in [0.1, 0.15) is 11.9 Å². The molecule has 1 atom stereocenters. The van der Waals surface area contributed by atoms with E-state index >= 15 is 0 Å². The van der Waals surface area contributed by atoms with Gasteiger partial charge in [-0.3, -0.25) is 14.5 Å². The molecule has 2 aliphatic heterocycles. The number of cyclic esters (lactones) is 1. The molecule has 1 aromatic heterocycles. The number of hydrogen-bond acceptors (Lipinski definition) is 5. The fraction of sp³-hybridized carbons (Fsp3) is 0.286. The van der Waals surface area contributed by atoms with Crippen LogP contribution < -0.4 is 10.2 Å². The Kier molecular flexibility index (Phi) is 6.28. The molecule has 3 amide bonds. The average Bonchev–Trinajstić information content (AvgIpc) is 3.42. The van der Waals surface area contributed by atoms with E-state index in [1.54, 1.807) is 23.1 Å². The van der Waals surface area contributed by atoms with Crippen LogP contribution in [0.2, 0.25) is 0 Å². The van der Waals surface area contributed by atoms with Gasteiger partial charge in [0.2, 0.25) is 0 Å². The Balaban J connectivity index is 1.43. The molecule has 0 bridgehead atoms. The number of nitrogens with one attached hydrogen (secondary N) is 1. The predicted octanol–water partition coefficient (Wildman–Crippen LogP) is 3.78. The fourth-order valence-corrected chi connectivity index (χ4v) is 4.36. The molecule has 3 heterocycles. The second-order valence-corrected chi connectivity index (χ2v) is 8.40. The maximum absolute atomic E-state index is 14.9. The number of anilines is 1. The lowest BCUT2D eigenvalue weighted by atomic mass is 9.98. The molecule has 0 unspecified atom stereocenters. The third-order valence-corrected chi connectivity index (χ3v) is 6.07. The van der Waals surface area contributed by atoms with Gasteiger partial charge in [0, 0.05) is 24.0 Å². The van der Waals surface area contributed by atoms with Crippen molar-refractivity contribution in [3.05, 3.63) is 58.0 Å². The highest BCUT2D eigenvalue weighted by molar-refractivity contribution is 7.96. The first-order chi connectivity index (χ1) is 14.9. The second-order valence-electron chi connectivity index (χ2n) is 7.21. The van der Waals surface area contributed by atoms with Crippen molar-refractivity contribution in [3.63, 3.8) is 0 Å². The SMILES string of the molecule is O=C(S)NC[C@H]1CN(c2ccc(C3=CCN(C(=O)c4ccsc4)CC3)c(F)c2)C(=O)O1. The smallest absolute Gasteiger partial charge is 0.414 e. The summed E-state index contributed by atoms with van der Waals surface area (Å²) in [5.74, 6) is -0.468. The molecule has 0 radical (unpaired) electrons. The standard InChI is InChI=1S/C21H20FN3O4S2/c22-18-9-15(25-11-16(29-21(25)28)10-23-20(27)30)1-2-17(18)13-3-6-24(7-4-13)19(26)14-5-8-31-12-14/h1-3,5,8-9,12,16H,4,6-7,10-11H2,(H2,23,27,30)/t16-/m0/s1. The molecule has 0 aliphatic carbocycles. The summed E-state index contributed by atoms with van der Waals surface area (Å²) >= 11 is 5.09. The van der Waals surface area contributed by atoms with Gasteiger partial charge in [-0.2, -0.15) is 11.3 Å². The van der Waals surface area contributed by atoms with Crippen molar-refractivity contribution < 1.29 is 23.5 Å². The van der Waals surface area contributed by atoms with Gasteiger partial charge >= 0.3 is 6.09 Å². The van der Waals surface area contributed by atoms with E-state index in [4.69, 9.17) is 4.74 Å². The molecule has 10 heteroatoms. The molecular formula is C21H20FN3O4S2. The number of hydrogen-bond donors (Lipinski definition) is 2. The summed E-state index contributed by atoms with van der Waals surface area (Å²) < 4.78 is 20.1. The van der Waals surface area contributed by atoms with E-state index in [9.17, 15) is 18.8 Å². The quantitative estimate of drug-likeness (QED) is 0.665. The van der Waals surface area contributed by atoms with Crippen molar-refractivity contribution in [1.82, 2.24) is 10.2 Å².